The maximum Gasteiger partial charge on any atom is 0.286 e. The minimum absolute atomic E-state index is 0.113. The van der Waals surface area contributed by atoms with E-state index >= 15 is 0 Å². The van der Waals surface area contributed by atoms with Crippen molar-refractivity contribution in [2.75, 3.05) is 13.2 Å². The van der Waals surface area contributed by atoms with Crippen LogP contribution in [0, 0.1) is 0 Å². The molecule has 2 atom stereocenters. The van der Waals surface area contributed by atoms with Gasteiger partial charge in [0.1, 0.15) is 5.75 Å². The molecular weight excluding hydrogens is 350 g/mol. The van der Waals surface area contributed by atoms with Crippen LogP contribution in [0.1, 0.15) is 23.5 Å². The molecule has 0 radical (unpaired) electrons. The fourth-order valence-electron chi connectivity index (χ4n) is 2.89. The van der Waals surface area contributed by atoms with Gasteiger partial charge in [0.15, 0.2) is 0 Å². The summed E-state index contributed by atoms with van der Waals surface area (Å²) in [6.07, 6.45) is 1.16. The molecule has 2 N–H and O–H groups in total. The van der Waals surface area contributed by atoms with Gasteiger partial charge in [0.25, 0.3) is 5.24 Å². The summed E-state index contributed by atoms with van der Waals surface area (Å²) in [5.41, 5.74) is 2.13. The van der Waals surface area contributed by atoms with Gasteiger partial charge in [-0.1, -0.05) is 54.2 Å². The van der Waals surface area contributed by atoms with E-state index in [4.69, 9.17) is 4.74 Å². The summed E-state index contributed by atoms with van der Waals surface area (Å²) >= 11 is 1.04. The van der Waals surface area contributed by atoms with E-state index in [1.165, 1.54) is 0 Å². The fraction of sp³-hybridized carbons (Fsp3) is 0.300. The number of hydrogen-bond donors (Lipinski definition) is 2. The van der Waals surface area contributed by atoms with E-state index in [9.17, 15) is 14.7 Å². The first-order chi connectivity index (χ1) is 12.7. The van der Waals surface area contributed by atoms with Gasteiger partial charge in [-0.15, -0.1) is 0 Å². The number of ether oxygens (including phenoxy) is 1. The van der Waals surface area contributed by atoms with Crippen LogP contribution in [0.25, 0.3) is 0 Å². The number of thioether (sulfide) groups is 1. The molecule has 0 saturated carbocycles. The van der Waals surface area contributed by atoms with Crippen LogP contribution in [-0.2, 0) is 11.2 Å². The molecule has 2 unspecified atom stereocenters. The summed E-state index contributed by atoms with van der Waals surface area (Å²) < 4.78 is 5.89. The van der Waals surface area contributed by atoms with Gasteiger partial charge in [0, 0.05) is 12.5 Å². The Bertz CT molecular complexity index is 748. The molecule has 0 spiro atoms. The molecule has 0 aliphatic carbocycles. The monoisotopic (exact) mass is 371 g/mol. The lowest BCUT2D eigenvalue weighted by atomic mass is 9.97. The third-order valence-electron chi connectivity index (χ3n) is 4.31. The standard InChI is InChI=1S/C20H21NO4S/c22-11-10-16(15-4-2-1-3-5-15)13-25-17-8-6-14(7-9-17)12-18-19(23)21-20(24)26-18/h1-9,16,18,22H,10-13H2,(H,21,23,24). The SMILES string of the molecule is O=C1NC(=O)C(Cc2ccc(OCC(CCO)c3ccccc3)cc2)S1. The van der Waals surface area contributed by atoms with Gasteiger partial charge in [-0.3, -0.25) is 14.9 Å². The van der Waals surface area contributed by atoms with Gasteiger partial charge < -0.3 is 9.84 Å². The van der Waals surface area contributed by atoms with Crippen molar-refractivity contribution in [3.05, 3.63) is 65.7 Å². The molecule has 0 bridgehead atoms. The second-order valence-corrected chi connectivity index (χ2v) is 7.34. The van der Waals surface area contributed by atoms with Crippen molar-refractivity contribution in [3.8, 4) is 5.75 Å². The number of carbonyl (C=O) groups excluding carboxylic acids is 2. The number of carbonyl (C=O) groups is 2. The lowest BCUT2D eigenvalue weighted by Crippen LogP contribution is -2.25. The fourth-order valence-corrected chi connectivity index (χ4v) is 3.75. The molecule has 3 rings (SSSR count). The first-order valence-electron chi connectivity index (χ1n) is 8.54. The summed E-state index contributed by atoms with van der Waals surface area (Å²) in [5, 5.41) is 11.0. The highest BCUT2D eigenvalue weighted by Gasteiger charge is 2.31. The average Bonchev–Trinajstić information content (AvgIpc) is 2.97. The lowest BCUT2D eigenvalue weighted by molar-refractivity contribution is -0.118. The number of hydrogen-bond acceptors (Lipinski definition) is 5. The number of nitrogens with one attached hydrogen (secondary N) is 1. The molecule has 0 aromatic heterocycles. The van der Waals surface area contributed by atoms with Crippen LogP contribution >= 0.6 is 11.8 Å². The van der Waals surface area contributed by atoms with Crippen LogP contribution in [0.4, 0.5) is 4.79 Å². The molecule has 1 aliphatic rings. The van der Waals surface area contributed by atoms with Crippen LogP contribution in [-0.4, -0.2) is 34.7 Å². The smallest absolute Gasteiger partial charge is 0.286 e. The number of rotatable bonds is 8. The number of benzene rings is 2. The molecule has 2 aromatic carbocycles. The number of amides is 2. The van der Waals surface area contributed by atoms with E-state index in [-0.39, 0.29) is 28.9 Å². The number of imide groups is 1. The third kappa shape index (κ3) is 4.86. The van der Waals surface area contributed by atoms with Gasteiger partial charge in [-0.2, -0.15) is 0 Å². The van der Waals surface area contributed by atoms with Gasteiger partial charge in [0.2, 0.25) is 5.91 Å². The summed E-state index contributed by atoms with van der Waals surface area (Å²) in [7, 11) is 0. The van der Waals surface area contributed by atoms with E-state index in [0.29, 0.717) is 19.4 Å². The highest BCUT2D eigenvalue weighted by Crippen LogP contribution is 2.25. The van der Waals surface area contributed by atoms with E-state index < -0.39 is 0 Å². The molecular formula is C20H21NO4S. The predicted molar refractivity (Wildman–Crippen MR) is 101 cm³/mol. The summed E-state index contributed by atoms with van der Waals surface area (Å²) in [6.45, 7) is 0.598. The predicted octanol–water partition coefficient (Wildman–Crippen LogP) is 3.13. The number of aliphatic hydroxyl groups is 1. The summed E-state index contributed by atoms with van der Waals surface area (Å²) in [6, 6.07) is 17.6. The van der Waals surface area contributed by atoms with Crippen molar-refractivity contribution < 1.29 is 19.4 Å². The maximum atomic E-state index is 11.6. The zero-order chi connectivity index (χ0) is 18.4. The molecule has 5 nitrogen and oxygen atoms in total. The van der Waals surface area contributed by atoms with Crippen molar-refractivity contribution in [3.63, 3.8) is 0 Å². The van der Waals surface area contributed by atoms with Crippen LogP contribution < -0.4 is 10.1 Å². The highest BCUT2D eigenvalue weighted by molar-refractivity contribution is 8.15. The molecule has 6 heteroatoms. The van der Waals surface area contributed by atoms with Crippen molar-refractivity contribution in [1.82, 2.24) is 5.32 Å². The minimum atomic E-state index is -0.360. The minimum Gasteiger partial charge on any atom is -0.493 e. The lowest BCUT2D eigenvalue weighted by Gasteiger charge is -2.17. The van der Waals surface area contributed by atoms with Crippen molar-refractivity contribution in [2.24, 2.45) is 0 Å². The first kappa shape index (κ1) is 18.5. The number of aliphatic hydroxyl groups excluding tert-OH is 1. The van der Waals surface area contributed by atoms with E-state index in [2.05, 4.69) is 5.32 Å². The van der Waals surface area contributed by atoms with E-state index in [1.807, 2.05) is 54.6 Å². The normalized spacial score (nSPS) is 17.8. The largest absolute Gasteiger partial charge is 0.493 e. The van der Waals surface area contributed by atoms with Crippen molar-refractivity contribution in [1.29, 1.82) is 0 Å². The van der Waals surface area contributed by atoms with Crippen molar-refractivity contribution >= 4 is 22.9 Å². The molecule has 1 aliphatic heterocycles. The Labute approximate surface area is 156 Å². The molecule has 1 saturated heterocycles. The van der Waals surface area contributed by atoms with Gasteiger partial charge in [-0.25, -0.2) is 0 Å². The molecule has 2 aromatic rings. The molecule has 1 heterocycles. The Hall–Kier alpha value is -2.31. The Kier molecular flexibility index (Phi) is 6.30. The van der Waals surface area contributed by atoms with Crippen molar-refractivity contribution in [2.45, 2.75) is 24.0 Å². The molecule has 2 amide bonds. The molecule has 136 valence electrons. The van der Waals surface area contributed by atoms with Crippen LogP contribution in [0.3, 0.4) is 0 Å². The quantitative estimate of drug-likeness (QED) is 0.746. The van der Waals surface area contributed by atoms with Crippen LogP contribution in [0.2, 0.25) is 0 Å². The van der Waals surface area contributed by atoms with Crippen LogP contribution in [0.15, 0.2) is 54.6 Å². The second kappa shape index (κ2) is 8.87. The van der Waals surface area contributed by atoms with Crippen LogP contribution in [0.5, 0.6) is 5.75 Å². The zero-order valence-corrected chi connectivity index (χ0v) is 15.1. The zero-order valence-electron chi connectivity index (χ0n) is 14.3. The Morgan fingerprint density at radius 2 is 1.81 bits per heavy atom. The highest BCUT2D eigenvalue weighted by atomic mass is 32.2. The maximum absolute atomic E-state index is 11.6. The third-order valence-corrected chi connectivity index (χ3v) is 5.29. The topological polar surface area (TPSA) is 75.6 Å². The first-order valence-corrected chi connectivity index (χ1v) is 9.42. The van der Waals surface area contributed by atoms with Gasteiger partial charge in [0.05, 0.1) is 11.9 Å². The average molecular weight is 371 g/mol. The summed E-state index contributed by atoms with van der Waals surface area (Å²) in [4.78, 5) is 22.9. The summed E-state index contributed by atoms with van der Waals surface area (Å²) in [5.74, 6) is 0.646. The Morgan fingerprint density at radius 1 is 1.08 bits per heavy atom. The second-order valence-electron chi connectivity index (χ2n) is 6.16. The van der Waals surface area contributed by atoms with E-state index in [0.717, 1.165) is 28.6 Å². The van der Waals surface area contributed by atoms with Gasteiger partial charge >= 0.3 is 0 Å². The molecule has 26 heavy (non-hydrogen) atoms. The van der Waals surface area contributed by atoms with E-state index in [1.54, 1.807) is 0 Å². The Morgan fingerprint density at radius 3 is 2.42 bits per heavy atom. The molecule has 1 fully saturated rings. The van der Waals surface area contributed by atoms with Gasteiger partial charge in [-0.05, 0) is 36.1 Å². The Balaban J connectivity index is 1.56.